The minimum Gasteiger partial charge on any atom is -0.396 e. The highest BCUT2D eigenvalue weighted by molar-refractivity contribution is 7.21. The van der Waals surface area contributed by atoms with Gasteiger partial charge in [0.1, 0.15) is 10.8 Å². The smallest absolute Gasteiger partial charge is 0.227 e. The number of aromatic nitrogens is 3. The van der Waals surface area contributed by atoms with Gasteiger partial charge in [-0.25, -0.2) is 9.97 Å². The molecular weight excluding hydrogens is 394 g/mol. The summed E-state index contributed by atoms with van der Waals surface area (Å²) < 4.78 is 1.16. The van der Waals surface area contributed by atoms with Gasteiger partial charge in [0.2, 0.25) is 5.95 Å². The molecule has 160 valence electrons. The molecule has 0 saturated heterocycles. The summed E-state index contributed by atoms with van der Waals surface area (Å²) in [4.78, 5) is 16.6. The van der Waals surface area contributed by atoms with Gasteiger partial charge in [-0.05, 0) is 50.2 Å². The van der Waals surface area contributed by atoms with E-state index in [9.17, 15) is 5.11 Å². The van der Waals surface area contributed by atoms with Crippen LogP contribution in [0.15, 0.2) is 24.3 Å². The Bertz CT molecular complexity index is 1020. The predicted molar refractivity (Wildman–Crippen MR) is 125 cm³/mol. The lowest BCUT2D eigenvalue weighted by atomic mass is 9.86. The van der Waals surface area contributed by atoms with E-state index in [-0.39, 0.29) is 12.1 Å². The maximum Gasteiger partial charge on any atom is 0.227 e. The second-order valence-corrected chi connectivity index (χ2v) is 9.77. The van der Waals surface area contributed by atoms with E-state index in [4.69, 9.17) is 15.0 Å². The number of aliphatic hydroxyl groups excluding tert-OH is 1. The molecule has 1 aliphatic carbocycles. The zero-order valence-corrected chi connectivity index (χ0v) is 19.3. The van der Waals surface area contributed by atoms with Crippen LogP contribution in [-0.2, 0) is 6.42 Å². The summed E-state index contributed by atoms with van der Waals surface area (Å²) in [5.41, 5.74) is 2.87. The van der Waals surface area contributed by atoms with E-state index in [0.29, 0.717) is 17.8 Å². The molecule has 1 aliphatic rings. The molecule has 7 heteroatoms. The average molecular weight is 426 g/mol. The first-order chi connectivity index (χ1) is 14.4. The molecule has 0 bridgehead atoms. The number of thiazole rings is 1. The van der Waals surface area contributed by atoms with Crippen LogP contribution in [0.25, 0.3) is 20.8 Å². The van der Waals surface area contributed by atoms with Crippen LogP contribution in [0.1, 0.15) is 39.3 Å². The molecule has 0 unspecified atom stereocenters. The van der Waals surface area contributed by atoms with Crippen molar-refractivity contribution in [3.8, 4) is 10.6 Å². The zero-order valence-electron chi connectivity index (χ0n) is 18.4. The molecule has 6 nitrogen and oxygen atoms in total. The first-order valence-corrected chi connectivity index (χ1v) is 11.5. The second kappa shape index (κ2) is 8.12. The summed E-state index contributed by atoms with van der Waals surface area (Å²) in [5, 5.41) is 14.5. The van der Waals surface area contributed by atoms with Gasteiger partial charge in [-0.3, -0.25) is 0 Å². The maximum absolute atomic E-state index is 9.78. The van der Waals surface area contributed by atoms with Gasteiger partial charge in [0, 0.05) is 26.2 Å². The number of aliphatic hydroxyl groups is 1. The van der Waals surface area contributed by atoms with Crippen LogP contribution >= 0.6 is 11.3 Å². The monoisotopic (exact) mass is 425 g/mol. The Hall–Kier alpha value is -2.25. The maximum atomic E-state index is 9.78. The molecule has 0 spiro atoms. The highest BCUT2D eigenvalue weighted by Gasteiger charge is 2.43. The molecule has 3 aromatic rings. The molecule has 2 heterocycles. The lowest BCUT2D eigenvalue weighted by Crippen LogP contribution is -2.40. The third-order valence-corrected chi connectivity index (χ3v) is 7.65. The SMILES string of the molecule is CCc1nc(N(C)C)nc(N[C@@]2(C)CC[C@H](CO)[C@H]2C)c1-c1nc2ccccc2s1. The molecule has 2 N–H and O–H groups in total. The van der Waals surface area contributed by atoms with Crippen molar-refractivity contribution in [2.45, 2.75) is 45.6 Å². The number of rotatable bonds is 6. The lowest BCUT2D eigenvalue weighted by molar-refractivity contribution is 0.187. The number of hydrogen-bond donors (Lipinski definition) is 2. The van der Waals surface area contributed by atoms with Crippen LogP contribution in [0, 0.1) is 11.8 Å². The summed E-state index contributed by atoms with van der Waals surface area (Å²) >= 11 is 1.69. The van der Waals surface area contributed by atoms with Gasteiger partial charge in [-0.1, -0.05) is 26.0 Å². The van der Waals surface area contributed by atoms with Gasteiger partial charge in [0.15, 0.2) is 0 Å². The van der Waals surface area contributed by atoms with Crippen LogP contribution in [0.5, 0.6) is 0 Å². The van der Waals surface area contributed by atoms with E-state index in [1.54, 1.807) is 11.3 Å². The van der Waals surface area contributed by atoms with Crippen molar-refractivity contribution in [2.75, 3.05) is 30.9 Å². The van der Waals surface area contributed by atoms with Gasteiger partial charge in [-0.2, -0.15) is 4.98 Å². The Kier molecular flexibility index (Phi) is 5.68. The standard InChI is InChI=1S/C23H31N5OS/c1-6-16-19(21-24-17-9-7-8-10-18(17)30-21)20(26-22(25-16)28(4)5)27-23(3)12-11-15(13-29)14(23)2/h7-10,14-15,29H,6,11-13H2,1-5H3,(H,25,26,27)/t14-,15-,23+/m1/s1. The summed E-state index contributed by atoms with van der Waals surface area (Å²) in [7, 11) is 3.94. The van der Waals surface area contributed by atoms with Crippen LogP contribution in [0.4, 0.5) is 11.8 Å². The number of benzene rings is 1. The van der Waals surface area contributed by atoms with Gasteiger partial charge in [-0.15, -0.1) is 11.3 Å². The van der Waals surface area contributed by atoms with Gasteiger partial charge in [0.25, 0.3) is 0 Å². The molecule has 30 heavy (non-hydrogen) atoms. The van der Waals surface area contributed by atoms with Crippen molar-refractivity contribution in [3.63, 3.8) is 0 Å². The summed E-state index contributed by atoms with van der Waals surface area (Å²) in [6.45, 7) is 6.84. The Labute approximate surface area is 182 Å². The lowest BCUT2D eigenvalue weighted by Gasteiger charge is -2.34. The number of anilines is 2. The number of aryl methyl sites for hydroxylation is 1. The molecule has 0 radical (unpaired) electrons. The van der Waals surface area contributed by atoms with Crippen LogP contribution in [-0.4, -0.2) is 46.3 Å². The summed E-state index contributed by atoms with van der Waals surface area (Å²) in [5.74, 6) is 2.20. The minimum absolute atomic E-state index is 0.137. The molecule has 0 aliphatic heterocycles. The molecular formula is C23H31N5OS. The van der Waals surface area contributed by atoms with Crippen molar-refractivity contribution in [3.05, 3.63) is 30.0 Å². The fourth-order valence-electron chi connectivity index (χ4n) is 4.42. The highest BCUT2D eigenvalue weighted by Crippen LogP contribution is 2.44. The Morgan fingerprint density at radius 1 is 1.23 bits per heavy atom. The van der Waals surface area contributed by atoms with Crippen molar-refractivity contribution in [2.24, 2.45) is 11.8 Å². The Morgan fingerprint density at radius 2 is 2.00 bits per heavy atom. The first kappa shape index (κ1) is 21.0. The fraction of sp³-hybridized carbons (Fsp3) is 0.522. The number of fused-ring (bicyclic) bond motifs is 1. The molecule has 0 amide bonds. The largest absolute Gasteiger partial charge is 0.396 e. The van der Waals surface area contributed by atoms with E-state index < -0.39 is 0 Å². The van der Waals surface area contributed by atoms with Crippen molar-refractivity contribution < 1.29 is 5.11 Å². The van der Waals surface area contributed by atoms with Gasteiger partial charge < -0.3 is 15.3 Å². The van der Waals surface area contributed by atoms with Crippen LogP contribution in [0.2, 0.25) is 0 Å². The average Bonchev–Trinajstić information content (AvgIpc) is 3.28. The first-order valence-electron chi connectivity index (χ1n) is 10.7. The van der Waals surface area contributed by atoms with Gasteiger partial charge >= 0.3 is 0 Å². The highest BCUT2D eigenvalue weighted by atomic mass is 32.1. The number of nitrogens with one attached hydrogen (secondary N) is 1. The van der Waals surface area contributed by atoms with Crippen LogP contribution < -0.4 is 10.2 Å². The Balaban J connectivity index is 1.86. The van der Waals surface area contributed by atoms with E-state index in [2.05, 4.69) is 38.2 Å². The quantitative estimate of drug-likeness (QED) is 0.602. The molecule has 1 saturated carbocycles. The Morgan fingerprint density at radius 3 is 2.63 bits per heavy atom. The van der Waals surface area contributed by atoms with Crippen molar-refractivity contribution in [1.29, 1.82) is 0 Å². The molecule has 2 aromatic heterocycles. The number of para-hydroxylation sites is 1. The minimum atomic E-state index is -0.137. The predicted octanol–water partition coefficient (Wildman–Crippen LogP) is 4.59. The number of nitrogens with zero attached hydrogens (tertiary/aromatic N) is 4. The topological polar surface area (TPSA) is 74.2 Å². The zero-order chi connectivity index (χ0) is 21.5. The van der Waals surface area contributed by atoms with Crippen molar-refractivity contribution >= 4 is 33.3 Å². The van der Waals surface area contributed by atoms with E-state index in [1.807, 2.05) is 31.1 Å². The molecule has 1 fully saturated rings. The number of hydrogen-bond acceptors (Lipinski definition) is 7. The summed E-state index contributed by atoms with van der Waals surface area (Å²) in [6, 6.07) is 8.23. The second-order valence-electron chi connectivity index (χ2n) is 8.74. The fourth-order valence-corrected chi connectivity index (χ4v) is 5.46. The molecule has 3 atom stereocenters. The third kappa shape index (κ3) is 3.65. The van der Waals surface area contributed by atoms with E-state index >= 15 is 0 Å². The normalized spacial score (nSPS) is 23.8. The molecule has 4 rings (SSSR count). The van der Waals surface area contributed by atoms with Crippen LogP contribution in [0.3, 0.4) is 0 Å². The third-order valence-electron chi connectivity index (χ3n) is 6.60. The van der Waals surface area contributed by atoms with Gasteiger partial charge in [0.05, 0.1) is 21.5 Å². The van der Waals surface area contributed by atoms with E-state index in [1.165, 1.54) is 0 Å². The summed E-state index contributed by atoms with van der Waals surface area (Å²) in [6.07, 6.45) is 2.82. The molecule has 1 aromatic carbocycles. The van der Waals surface area contributed by atoms with E-state index in [0.717, 1.165) is 51.6 Å². The van der Waals surface area contributed by atoms with Crippen molar-refractivity contribution in [1.82, 2.24) is 15.0 Å².